The number of anilines is 1. The van der Waals surface area contributed by atoms with Crippen molar-refractivity contribution in [2.75, 3.05) is 5.32 Å². The van der Waals surface area contributed by atoms with Crippen LogP contribution in [0, 0.1) is 5.92 Å². The molecule has 0 heterocycles. The molecule has 116 valence electrons. The molecular weight excluding hydrogens is 264 g/mol. The smallest absolute Gasteiger partial charge is 0.412 e. The van der Waals surface area contributed by atoms with Crippen LogP contribution in [0.3, 0.4) is 0 Å². The number of rotatable bonds is 5. The standard InChI is InChI=1S/C17H26N2O2/c1-12(14-8-9-14)18-11-13-6-5-7-15(10-13)19-16(20)21-17(2,3)4/h5-7,10,12,14,18H,8-9,11H2,1-4H3,(H,19,20)/t12-/m0/s1. The van der Waals surface area contributed by atoms with E-state index in [0.717, 1.165) is 23.7 Å². The highest BCUT2D eigenvalue weighted by Gasteiger charge is 2.27. The number of ether oxygens (including phenoxy) is 1. The largest absolute Gasteiger partial charge is 0.444 e. The number of nitrogens with one attached hydrogen (secondary N) is 2. The molecule has 0 radical (unpaired) electrons. The van der Waals surface area contributed by atoms with E-state index in [2.05, 4.69) is 23.6 Å². The molecule has 2 rings (SSSR count). The van der Waals surface area contributed by atoms with Crippen molar-refractivity contribution < 1.29 is 9.53 Å². The van der Waals surface area contributed by atoms with E-state index >= 15 is 0 Å². The average molecular weight is 290 g/mol. The van der Waals surface area contributed by atoms with Crippen LogP contribution in [0.2, 0.25) is 0 Å². The molecule has 1 atom stereocenters. The van der Waals surface area contributed by atoms with Crippen LogP contribution in [0.1, 0.15) is 46.1 Å². The molecule has 1 aliphatic rings. The number of hydrogen-bond donors (Lipinski definition) is 2. The van der Waals surface area contributed by atoms with Crippen LogP contribution < -0.4 is 10.6 Å². The predicted molar refractivity (Wildman–Crippen MR) is 85.3 cm³/mol. The summed E-state index contributed by atoms with van der Waals surface area (Å²) >= 11 is 0. The van der Waals surface area contributed by atoms with Gasteiger partial charge in [0.15, 0.2) is 0 Å². The van der Waals surface area contributed by atoms with Gasteiger partial charge in [-0.1, -0.05) is 12.1 Å². The maximum absolute atomic E-state index is 11.8. The third-order valence-electron chi connectivity index (χ3n) is 3.53. The summed E-state index contributed by atoms with van der Waals surface area (Å²) in [4.78, 5) is 11.8. The van der Waals surface area contributed by atoms with Crippen molar-refractivity contribution in [1.29, 1.82) is 0 Å². The van der Waals surface area contributed by atoms with E-state index in [0.29, 0.717) is 6.04 Å². The highest BCUT2D eigenvalue weighted by molar-refractivity contribution is 5.84. The van der Waals surface area contributed by atoms with Crippen LogP contribution >= 0.6 is 0 Å². The molecule has 1 aromatic carbocycles. The van der Waals surface area contributed by atoms with Crippen LogP contribution in [-0.2, 0) is 11.3 Å². The summed E-state index contributed by atoms with van der Waals surface area (Å²) in [5, 5.41) is 6.31. The Bertz CT molecular complexity index is 490. The lowest BCUT2D eigenvalue weighted by molar-refractivity contribution is 0.0636. The Hall–Kier alpha value is -1.55. The van der Waals surface area contributed by atoms with Crippen molar-refractivity contribution in [3.63, 3.8) is 0 Å². The molecule has 1 saturated carbocycles. The summed E-state index contributed by atoms with van der Waals surface area (Å²) in [6, 6.07) is 8.43. The molecule has 21 heavy (non-hydrogen) atoms. The van der Waals surface area contributed by atoms with Crippen molar-refractivity contribution in [3.8, 4) is 0 Å². The van der Waals surface area contributed by atoms with Gasteiger partial charge >= 0.3 is 6.09 Å². The highest BCUT2D eigenvalue weighted by Crippen LogP contribution is 2.32. The van der Waals surface area contributed by atoms with E-state index in [1.807, 2.05) is 39.0 Å². The maximum atomic E-state index is 11.8. The van der Waals surface area contributed by atoms with Crippen molar-refractivity contribution in [3.05, 3.63) is 29.8 Å². The average Bonchev–Trinajstić information content (AvgIpc) is 3.18. The molecule has 0 aromatic heterocycles. The topological polar surface area (TPSA) is 50.4 Å². The van der Waals surface area contributed by atoms with Gasteiger partial charge in [-0.2, -0.15) is 0 Å². The number of carbonyl (C=O) groups is 1. The molecular formula is C17H26N2O2. The van der Waals surface area contributed by atoms with Gasteiger partial charge in [-0.25, -0.2) is 4.79 Å². The highest BCUT2D eigenvalue weighted by atomic mass is 16.6. The molecule has 1 amide bonds. The van der Waals surface area contributed by atoms with Gasteiger partial charge in [0.05, 0.1) is 0 Å². The minimum absolute atomic E-state index is 0.418. The summed E-state index contributed by atoms with van der Waals surface area (Å²) < 4.78 is 5.25. The quantitative estimate of drug-likeness (QED) is 0.864. The van der Waals surface area contributed by atoms with Crippen LogP contribution in [0.25, 0.3) is 0 Å². The first-order chi connectivity index (χ1) is 9.83. The molecule has 4 heteroatoms. The zero-order chi connectivity index (χ0) is 15.5. The van der Waals surface area contributed by atoms with Crippen LogP contribution in [0.15, 0.2) is 24.3 Å². The molecule has 1 fully saturated rings. The van der Waals surface area contributed by atoms with Gasteiger partial charge in [-0.3, -0.25) is 5.32 Å². The van der Waals surface area contributed by atoms with Crippen molar-refractivity contribution in [2.24, 2.45) is 5.92 Å². The second kappa shape index (κ2) is 6.48. The fourth-order valence-corrected chi connectivity index (χ4v) is 2.22. The lowest BCUT2D eigenvalue weighted by atomic mass is 10.1. The summed E-state index contributed by atoms with van der Waals surface area (Å²) in [5.41, 5.74) is 1.45. The van der Waals surface area contributed by atoms with Crippen molar-refractivity contribution in [1.82, 2.24) is 5.32 Å². The van der Waals surface area contributed by atoms with Gasteiger partial charge in [0.25, 0.3) is 0 Å². The monoisotopic (exact) mass is 290 g/mol. The molecule has 0 bridgehead atoms. The predicted octanol–water partition coefficient (Wildman–Crippen LogP) is 3.92. The normalized spacial score (nSPS) is 16.4. The number of benzene rings is 1. The van der Waals surface area contributed by atoms with Crippen molar-refractivity contribution in [2.45, 2.75) is 58.7 Å². The second-order valence-corrected chi connectivity index (χ2v) is 6.83. The van der Waals surface area contributed by atoms with Gasteiger partial charge < -0.3 is 10.1 Å². The van der Waals surface area contributed by atoms with Crippen LogP contribution in [0.4, 0.5) is 10.5 Å². The number of amides is 1. The van der Waals surface area contributed by atoms with E-state index in [-0.39, 0.29) is 0 Å². The lowest BCUT2D eigenvalue weighted by Crippen LogP contribution is -2.28. The maximum Gasteiger partial charge on any atom is 0.412 e. The first kappa shape index (κ1) is 15.8. The van der Waals surface area contributed by atoms with Gasteiger partial charge in [0.2, 0.25) is 0 Å². The minimum atomic E-state index is -0.483. The Morgan fingerprint density at radius 3 is 2.71 bits per heavy atom. The lowest BCUT2D eigenvalue weighted by Gasteiger charge is -2.20. The first-order valence-electron chi connectivity index (χ1n) is 7.66. The SMILES string of the molecule is C[C@H](NCc1cccc(NC(=O)OC(C)(C)C)c1)C1CC1. The summed E-state index contributed by atoms with van der Waals surface area (Å²) in [6.07, 6.45) is 2.27. The second-order valence-electron chi connectivity index (χ2n) is 6.83. The van der Waals surface area contributed by atoms with E-state index in [1.54, 1.807) is 0 Å². The summed E-state index contributed by atoms with van der Waals surface area (Å²) in [7, 11) is 0. The summed E-state index contributed by atoms with van der Waals surface area (Å²) in [6.45, 7) is 8.62. The molecule has 4 nitrogen and oxygen atoms in total. The Labute approximate surface area is 127 Å². The molecule has 0 spiro atoms. The number of hydrogen-bond acceptors (Lipinski definition) is 3. The van der Waals surface area contributed by atoms with E-state index in [4.69, 9.17) is 4.74 Å². The Morgan fingerprint density at radius 2 is 2.10 bits per heavy atom. The third kappa shape index (κ3) is 5.76. The molecule has 2 N–H and O–H groups in total. The van der Waals surface area contributed by atoms with Gasteiger partial charge in [0, 0.05) is 18.3 Å². The van der Waals surface area contributed by atoms with Gasteiger partial charge in [-0.15, -0.1) is 0 Å². The van der Waals surface area contributed by atoms with Gasteiger partial charge in [0.1, 0.15) is 5.60 Å². The van der Waals surface area contributed by atoms with Gasteiger partial charge in [-0.05, 0) is 64.2 Å². The number of carbonyl (C=O) groups excluding carboxylic acids is 1. The summed E-state index contributed by atoms with van der Waals surface area (Å²) in [5.74, 6) is 0.841. The van der Waals surface area contributed by atoms with E-state index in [1.165, 1.54) is 12.8 Å². The first-order valence-corrected chi connectivity index (χ1v) is 7.66. The molecule has 1 aromatic rings. The zero-order valence-electron chi connectivity index (χ0n) is 13.4. The van der Waals surface area contributed by atoms with E-state index in [9.17, 15) is 4.79 Å². The minimum Gasteiger partial charge on any atom is -0.444 e. The Morgan fingerprint density at radius 1 is 1.38 bits per heavy atom. The van der Waals surface area contributed by atoms with Crippen LogP contribution in [-0.4, -0.2) is 17.7 Å². The fourth-order valence-electron chi connectivity index (χ4n) is 2.22. The Balaban J connectivity index is 1.86. The Kier molecular flexibility index (Phi) is 4.88. The van der Waals surface area contributed by atoms with E-state index < -0.39 is 11.7 Å². The molecule has 0 aliphatic heterocycles. The molecule has 0 saturated heterocycles. The van der Waals surface area contributed by atoms with Crippen LogP contribution in [0.5, 0.6) is 0 Å². The zero-order valence-corrected chi connectivity index (χ0v) is 13.4. The fraction of sp³-hybridized carbons (Fsp3) is 0.588. The van der Waals surface area contributed by atoms with Crippen molar-refractivity contribution >= 4 is 11.8 Å². The molecule has 1 aliphatic carbocycles. The molecule has 0 unspecified atom stereocenters. The third-order valence-corrected chi connectivity index (χ3v) is 3.53.